The third kappa shape index (κ3) is 2.46. The number of hydrogen-bond donors (Lipinski definition) is 1. The first kappa shape index (κ1) is 13.2. The number of nitrogens with one attached hydrogen (secondary N) is 1. The Hall–Kier alpha value is -1.23. The van der Waals surface area contributed by atoms with Crippen LogP contribution in [0.5, 0.6) is 0 Å². The molecule has 0 radical (unpaired) electrons. The normalized spacial score (nSPS) is 12.3. The maximum absolute atomic E-state index is 13.8. The fourth-order valence-corrected chi connectivity index (χ4v) is 2.14. The summed E-state index contributed by atoms with van der Waals surface area (Å²) in [5.41, 5.74) is 0.874. The molecular weight excluding hydrogens is 254 g/mol. The third-order valence-corrected chi connectivity index (χ3v) is 3.23. The van der Waals surface area contributed by atoms with E-state index in [2.05, 4.69) is 25.8 Å². The molecule has 0 unspecified atom stereocenters. The number of aromatic nitrogens is 2. The topological polar surface area (TPSA) is 20.7 Å². The molecule has 0 aliphatic heterocycles. The molecule has 0 fully saturated rings. The Labute approximate surface area is 110 Å². The van der Waals surface area contributed by atoms with Gasteiger partial charge in [0.1, 0.15) is 5.52 Å². The Bertz CT molecular complexity index is 635. The quantitative estimate of drug-likeness (QED) is 0.801. The van der Waals surface area contributed by atoms with Crippen LogP contribution in [-0.2, 0) is 6.54 Å². The van der Waals surface area contributed by atoms with Crippen LogP contribution in [0.4, 0.5) is 8.78 Å². The van der Waals surface area contributed by atoms with Gasteiger partial charge in [-0.2, -0.15) is 0 Å². The lowest BCUT2D eigenvalue weighted by Gasteiger charge is -2.18. The van der Waals surface area contributed by atoms with E-state index in [1.165, 1.54) is 6.07 Å². The van der Waals surface area contributed by atoms with E-state index in [0.717, 1.165) is 12.5 Å². The molecule has 0 saturated heterocycles. The number of rotatable bonds is 2. The monoisotopic (exact) mass is 270 g/mol. The maximum Gasteiger partial charge on any atom is 0.184 e. The van der Waals surface area contributed by atoms with E-state index in [-0.39, 0.29) is 10.9 Å². The van der Waals surface area contributed by atoms with Crippen LogP contribution >= 0.6 is 12.2 Å². The van der Waals surface area contributed by atoms with Gasteiger partial charge in [-0.05, 0) is 36.2 Å². The van der Waals surface area contributed by atoms with Crippen LogP contribution in [-0.4, -0.2) is 9.55 Å². The second kappa shape index (κ2) is 4.46. The van der Waals surface area contributed by atoms with Gasteiger partial charge >= 0.3 is 0 Å². The Morgan fingerprint density at radius 2 is 1.94 bits per heavy atom. The fourth-order valence-electron chi connectivity index (χ4n) is 1.85. The minimum atomic E-state index is -0.846. The first-order chi connectivity index (χ1) is 8.29. The number of halogens is 2. The molecule has 0 saturated carbocycles. The van der Waals surface area contributed by atoms with E-state index in [1.807, 2.05) is 0 Å². The number of hydrogen-bond acceptors (Lipinski definition) is 1. The predicted octanol–water partition coefficient (Wildman–Crippen LogP) is 4.41. The first-order valence-corrected chi connectivity index (χ1v) is 6.27. The molecule has 98 valence electrons. The molecule has 1 aromatic heterocycles. The highest BCUT2D eigenvalue weighted by Crippen LogP contribution is 2.24. The van der Waals surface area contributed by atoms with Gasteiger partial charge in [0.2, 0.25) is 0 Å². The summed E-state index contributed by atoms with van der Waals surface area (Å²) in [7, 11) is 0. The van der Waals surface area contributed by atoms with Crippen LogP contribution in [0.1, 0.15) is 27.2 Å². The van der Waals surface area contributed by atoms with Gasteiger partial charge in [0.25, 0.3) is 0 Å². The molecular formula is C13H16F2N2S. The van der Waals surface area contributed by atoms with Crippen molar-refractivity contribution in [3.63, 3.8) is 0 Å². The SMILES string of the molecule is CC(C)(C)CCn1c(=S)[nH]c2ccc(F)c(F)c21. The zero-order chi connectivity index (χ0) is 13.5. The van der Waals surface area contributed by atoms with E-state index in [4.69, 9.17) is 12.2 Å². The highest BCUT2D eigenvalue weighted by molar-refractivity contribution is 7.71. The number of H-pyrrole nitrogens is 1. The molecule has 2 rings (SSSR count). The van der Waals surface area contributed by atoms with Crippen molar-refractivity contribution in [1.29, 1.82) is 0 Å². The third-order valence-electron chi connectivity index (χ3n) is 2.91. The Balaban J connectivity index is 2.53. The summed E-state index contributed by atoms with van der Waals surface area (Å²) in [6, 6.07) is 2.62. The molecule has 1 N–H and O–H groups in total. The second-order valence-electron chi connectivity index (χ2n) is 5.65. The van der Waals surface area contributed by atoms with Gasteiger partial charge in [-0.3, -0.25) is 0 Å². The van der Waals surface area contributed by atoms with Gasteiger partial charge in [0.05, 0.1) is 5.52 Å². The molecule has 0 atom stereocenters. The van der Waals surface area contributed by atoms with Crippen molar-refractivity contribution in [2.45, 2.75) is 33.7 Å². The van der Waals surface area contributed by atoms with Gasteiger partial charge in [-0.15, -0.1) is 0 Å². The number of nitrogens with zero attached hydrogens (tertiary/aromatic N) is 1. The number of aryl methyl sites for hydroxylation is 1. The van der Waals surface area contributed by atoms with Gasteiger partial charge in [0, 0.05) is 6.54 Å². The lowest BCUT2D eigenvalue weighted by Crippen LogP contribution is -2.11. The lowest BCUT2D eigenvalue weighted by molar-refractivity contribution is 0.351. The van der Waals surface area contributed by atoms with Crippen LogP contribution in [0.25, 0.3) is 11.0 Å². The van der Waals surface area contributed by atoms with E-state index in [9.17, 15) is 8.78 Å². The number of benzene rings is 1. The van der Waals surface area contributed by atoms with E-state index in [0.29, 0.717) is 16.8 Å². The van der Waals surface area contributed by atoms with E-state index < -0.39 is 11.6 Å². The molecule has 1 aromatic carbocycles. The fraction of sp³-hybridized carbons (Fsp3) is 0.462. The summed E-state index contributed by atoms with van der Waals surface area (Å²) in [4.78, 5) is 2.90. The molecule has 18 heavy (non-hydrogen) atoms. The summed E-state index contributed by atoms with van der Waals surface area (Å²) >= 11 is 5.16. The average Bonchev–Trinajstić information content (AvgIpc) is 2.57. The highest BCUT2D eigenvalue weighted by atomic mass is 32.1. The molecule has 0 amide bonds. The van der Waals surface area contributed by atoms with Crippen LogP contribution in [0, 0.1) is 21.8 Å². The average molecular weight is 270 g/mol. The van der Waals surface area contributed by atoms with Crippen LogP contribution in [0.15, 0.2) is 12.1 Å². The molecule has 0 spiro atoms. The summed E-state index contributed by atoms with van der Waals surface area (Å²) in [5.74, 6) is -1.69. The van der Waals surface area contributed by atoms with Crippen molar-refractivity contribution in [3.05, 3.63) is 28.5 Å². The highest BCUT2D eigenvalue weighted by Gasteiger charge is 2.16. The molecule has 0 aliphatic rings. The lowest BCUT2D eigenvalue weighted by atomic mass is 9.92. The predicted molar refractivity (Wildman–Crippen MR) is 71.1 cm³/mol. The number of fused-ring (bicyclic) bond motifs is 1. The minimum Gasteiger partial charge on any atom is -0.330 e. The van der Waals surface area contributed by atoms with Crippen molar-refractivity contribution in [2.75, 3.05) is 0 Å². The van der Waals surface area contributed by atoms with Crippen LogP contribution in [0.3, 0.4) is 0 Å². The van der Waals surface area contributed by atoms with Gasteiger partial charge in [-0.1, -0.05) is 20.8 Å². The molecule has 2 aromatic rings. The molecule has 0 aliphatic carbocycles. The number of aromatic amines is 1. The summed E-state index contributed by atoms with van der Waals surface area (Å²) in [6.45, 7) is 6.87. The smallest absolute Gasteiger partial charge is 0.184 e. The summed E-state index contributed by atoms with van der Waals surface area (Å²) in [6.07, 6.45) is 0.838. The molecule has 1 heterocycles. The Kier molecular flexibility index (Phi) is 3.27. The molecule has 5 heteroatoms. The van der Waals surface area contributed by atoms with Crippen LogP contribution in [0.2, 0.25) is 0 Å². The van der Waals surface area contributed by atoms with Crippen molar-refractivity contribution >= 4 is 23.3 Å². The minimum absolute atomic E-state index is 0.113. The van der Waals surface area contributed by atoms with Crippen LogP contribution < -0.4 is 0 Å². The van der Waals surface area contributed by atoms with Gasteiger partial charge in [0.15, 0.2) is 16.4 Å². The standard InChI is InChI=1S/C13H16F2N2S/c1-13(2,3)6-7-17-11-9(16-12(17)18)5-4-8(14)10(11)15/h4-5H,6-7H2,1-3H3,(H,16,18). The zero-order valence-electron chi connectivity index (χ0n) is 10.7. The van der Waals surface area contributed by atoms with Crippen molar-refractivity contribution in [2.24, 2.45) is 5.41 Å². The Morgan fingerprint density at radius 1 is 1.28 bits per heavy atom. The largest absolute Gasteiger partial charge is 0.330 e. The zero-order valence-corrected chi connectivity index (χ0v) is 11.5. The summed E-state index contributed by atoms with van der Waals surface area (Å²) in [5, 5.41) is 0. The van der Waals surface area contributed by atoms with E-state index >= 15 is 0 Å². The molecule has 2 nitrogen and oxygen atoms in total. The summed E-state index contributed by atoms with van der Waals surface area (Å²) < 4.78 is 29.2. The van der Waals surface area contributed by atoms with Crippen molar-refractivity contribution in [3.8, 4) is 0 Å². The van der Waals surface area contributed by atoms with Crippen molar-refractivity contribution < 1.29 is 8.78 Å². The van der Waals surface area contributed by atoms with Gasteiger partial charge < -0.3 is 9.55 Å². The van der Waals surface area contributed by atoms with E-state index in [1.54, 1.807) is 4.57 Å². The Morgan fingerprint density at radius 3 is 2.56 bits per heavy atom. The maximum atomic E-state index is 13.8. The second-order valence-corrected chi connectivity index (χ2v) is 6.04. The van der Waals surface area contributed by atoms with Gasteiger partial charge in [-0.25, -0.2) is 8.78 Å². The number of imidazole rings is 1. The molecule has 0 bridgehead atoms. The van der Waals surface area contributed by atoms with Crippen molar-refractivity contribution in [1.82, 2.24) is 9.55 Å². The first-order valence-electron chi connectivity index (χ1n) is 5.86.